The van der Waals surface area contributed by atoms with Gasteiger partial charge in [0, 0.05) is 53.4 Å². The Morgan fingerprint density at radius 2 is 2.07 bits per heavy atom. The van der Waals surface area contributed by atoms with Crippen molar-refractivity contribution in [3.05, 3.63) is 48.0 Å². The second-order valence-electron chi connectivity index (χ2n) is 3.25. The quantitative estimate of drug-likeness (QED) is 0.745. The van der Waals surface area contributed by atoms with E-state index in [9.17, 15) is 5.11 Å². The van der Waals surface area contributed by atoms with Crippen LogP contribution in [0.15, 0.2) is 36.7 Å². The van der Waals surface area contributed by atoms with Crippen molar-refractivity contribution in [3.8, 4) is 5.75 Å². The zero-order valence-electron chi connectivity index (χ0n) is 8.94. The number of imidazole rings is 1. The Balaban J connectivity index is 0.00000112. The van der Waals surface area contributed by atoms with Crippen LogP contribution in [0.2, 0.25) is 0 Å². The van der Waals surface area contributed by atoms with Crippen LogP contribution in [0, 0.1) is 0 Å². The Morgan fingerprint density at radius 3 is 2.67 bits per heavy atom. The number of aromatic amines is 1. The van der Waals surface area contributed by atoms with Gasteiger partial charge in [-0.15, -0.1) is 0 Å². The van der Waals surface area contributed by atoms with Crippen molar-refractivity contribution in [1.82, 2.24) is 9.97 Å². The summed E-state index contributed by atoms with van der Waals surface area (Å²) in [5, 5.41) is 9.64. The number of rotatable bonds is 2. The Kier molecular flexibility index (Phi) is 4.39. The van der Waals surface area contributed by atoms with E-state index in [1.807, 2.05) is 25.1 Å². The monoisotopic (exact) mass is 211 g/mol. The topological polar surface area (TPSA) is 48.9 Å². The number of phenols is 1. The average molecular weight is 211 g/mol. The molecule has 0 aliphatic carbocycles. The number of nitrogens with one attached hydrogen (secondary N) is 1. The molecule has 0 amide bonds. The van der Waals surface area contributed by atoms with Gasteiger partial charge in [-0.2, -0.15) is 0 Å². The van der Waals surface area contributed by atoms with Gasteiger partial charge in [-0.05, 0) is 6.07 Å². The summed E-state index contributed by atoms with van der Waals surface area (Å²) in [7, 11) is 0. The van der Waals surface area contributed by atoms with Gasteiger partial charge in [0.05, 0.1) is 0 Å². The number of hydrogen-bond acceptors (Lipinski definition) is 2. The number of benzene rings is 1. The van der Waals surface area contributed by atoms with Gasteiger partial charge in [0.25, 0.3) is 0 Å². The molecule has 0 saturated carbocycles. The van der Waals surface area contributed by atoms with E-state index in [4.69, 9.17) is 0 Å². The van der Waals surface area contributed by atoms with E-state index >= 15 is 0 Å². The molecule has 2 aromatic rings. The molecule has 0 aliphatic heterocycles. The van der Waals surface area contributed by atoms with Crippen molar-refractivity contribution in [2.24, 2.45) is 0 Å². The smallest absolute Gasteiger partial charge is 0.119 e. The molecule has 1 aromatic heterocycles. The Morgan fingerprint density at radius 1 is 1.33 bits per heavy atom. The number of hydrogen-bond donors (Lipinski definition) is 2. The molecule has 0 spiro atoms. The van der Waals surface area contributed by atoms with Crippen LogP contribution < -0.4 is 0 Å². The van der Waals surface area contributed by atoms with Crippen LogP contribution in [0.3, 0.4) is 0 Å². The van der Waals surface area contributed by atoms with Gasteiger partial charge in [-0.1, -0.05) is 25.1 Å². The molecular weight excluding hydrogens is 199 g/mol. The van der Waals surface area contributed by atoms with Gasteiger partial charge in [0.15, 0.2) is 0 Å². The maximum atomic E-state index is 9.64. The van der Waals surface area contributed by atoms with Crippen LogP contribution >= 0.6 is 0 Å². The number of para-hydroxylation sites is 1. The maximum absolute atomic E-state index is 9.64. The predicted molar refractivity (Wildman–Crippen MR) is 60.0 cm³/mol. The number of aromatic nitrogens is 2. The van der Waals surface area contributed by atoms with Crippen LogP contribution in [-0.4, -0.2) is 44.6 Å². The third kappa shape index (κ3) is 2.62. The van der Waals surface area contributed by atoms with Crippen molar-refractivity contribution in [2.45, 2.75) is 12.8 Å². The first-order valence-electron chi connectivity index (χ1n) is 4.56. The van der Waals surface area contributed by atoms with Gasteiger partial charge < -0.3 is 10.1 Å². The zero-order valence-corrected chi connectivity index (χ0v) is 10.9. The average Bonchev–Trinajstić information content (AvgIpc) is 2.70. The molecular formula is C11H12N2NaO. The van der Waals surface area contributed by atoms with E-state index in [1.165, 1.54) is 0 Å². The molecule has 4 heteroatoms. The molecule has 1 radical (unpaired) electrons. The standard InChI is InChI=1S/C11H12N2O.Na/c1-8(11-12-6-7-13-11)9-4-2-3-5-10(9)14;/h2-8,14H,1H3,(H,12,13);. The first kappa shape index (κ1) is 12.3. The number of H-pyrrole nitrogens is 1. The summed E-state index contributed by atoms with van der Waals surface area (Å²) in [5.74, 6) is 1.27. The van der Waals surface area contributed by atoms with E-state index in [0.29, 0.717) is 5.75 Å². The summed E-state index contributed by atoms with van der Waals surface area (Å²) in [5.41, 5.74) is 0.891. The fourth-order valence-corrected chi connectivity index (χ4v) is 1.52. The van der Waals surface area contributed by atoms with Crippen molar-refractivity contribution in [1.29, 1.82) is 0 Å². The predicted octanol–water partition coefficient (Wildman–Crippen LogP) is 1.89. The van der Waals surface area contributed by atoms with Crippen LogP contribution in [0.1, 0.15) is 24.2 Å². The van der Waals surface area contributed by atoms with E-state index < -0.39 is 0 Å². The van der Waals surface area contributed by atoms with Gasteiger partial charge in [-0.3, -0.25) is 0 Å². The minimum Gasteiger partial charge on any atom is -0.508 e. The molecule has 2 rings (SSSR count). The van der Waals surface area contributed by atoms with Crippen molar-refractivity contribution in [2.75, 3.05) is 0 Å². The Hall–Kier alpha value is -0.770. The minimum absolute atomic E-state index is 0. The van der Waals surface area contributed by atoms with Crippen LogP contribution in [0.4, 0.5) is 0 Å². The van der Waals surface area contributed by atoms with Crippen molar-refractivity contribution < 1.29 is 5.11 Å². The van der Waals surface area contributed by atoms with Crippen LogP contribution in [0.25, 0.3) is 0 Å². The Bertz CT molecular complexity index is 414. The molecule has 1 unspecified atom stereocenters. The Labute approximate surface area is 111 Å². The second kappa shape index (κ2) is 5.35. The van der Waals surface area contributed by atoms with Crippen molar-refractivity contribution >= 4 is 29.6 Å². The summed E-state index contributed by atoms with van der Waals surface area (Å²) in [6.45, 7) is 2.01. The summed E-state index contributed by atoms with van der Waals surface area (Å²) in [6, 6.07) is 7.32. The summed E-state index contributed by atoms with van der Waals surface area (Å²) in [4.78, 5) is 7.21. The number of aromatic hydroxyl groups is 1. The van der Waals surface area contributed by atoms with Gasteiger partial charge in [0.2, 0.25) is 0 Å². The molecule has 1 atom stereocenters. The van der Waals surface area contributed by atoms with E-state index in [2.05, 4.69) is 9.97 Å². The fourth-order valence-electron chi connectivity index (χ4n) is 1.52. The molecule has 73 valence electrons. The van der Waals surface area contributed by atoms with E-state index in [1.54, 1.807) is 18.5 Å². The molecule has 2 N–H and O–H groups in total. The van der Waals surface area contributed by atoms with Gasteiger partial charge >= 0.3 is 0 Å². The molecule has 0 fully saturated rings. The summed E-state index contributed by atoms with van der Waals surface area (Å²) in [6.07, 6.45) is 3.50. The SMILES string of the molecule is CC(c1ncc[nH]1)c1ccccc1O.[Na]. The van der Waals surface area contributed by atoms with Crippen LogP contribution in [0.5, 0.6) is 5.75 Å². The molecule has 3 nitrogen and oxygen atoms in total. The third-order valence-corrected chi connectivity index (χ3v) is 2.33. The molecule has 0 aliphatic rings. The molecule has 15 heavy (non-hydrogen) atoms. The number of phenolic OH excluding ortho intramolecular Hbond substituents is 1. The molecule has 0 bridgehead atoms. The van der Waals surface area contributed by atoms with Gasteiger partial charge in [0.1, 0.15) is 11.6 Å². The molecule has 1 aromatic carbocycles. The minimum atomic E-state index is 0. The number of nitrogens with zero attached hydrogens (tertiary/aromatic N) is 1. The molecule has 0 saturated heterocycles. The second-order valence-corrected chi connectivity index (χ2v) is 3.25. The largest absolute Gasteiger partial charge is 0.508 e. The first-order chi connectivity index (χ1) is 6.79. The zero-order chi connectivity index (χ0) is 9.97. The fraction of sp³-hybridized carbons (Fsp3) is 0.182. The summed E-state index contributed by atoms with van der Waals surface area (Å²) < 4.78 is 0. The molecule has 1 heterocycles. The first-order valence-corrected chi connectivity index (χ1v) is 4.56. The summed E-state index contributed by atoms with van der Waals surface area (Å²) >= 11 is 0. The van der Waals surface area contributed by atoms with E-state index in [-0.39, 0.29) is 35.5 Å². The normalized spacial score (nSPS) is 11.8. The van der Waals surface area contributed by atoms with Gasteiger partial charge in [-0.25, -0.2) is 4.98 Å². The van der Waals surface area contributed by atoms with Crippen LogP contribution in [-0.2, 0) is 0 Å². The van der Waals surface area contributed by atoms with E-state index in [0.717, 1.165) is 11.4 Å². The maximum Gasteiger partial charge on any atom is 0.119 e. The third-order valence-electron chi connectivity index (χ3n) is 2.33. The van der Waals surface area contributed by atoms with Crippen molar-refractivity contribution in [3.63, 3.8) is 0 Å².